The van der Waals surface area contributed by atoms with Crippen molar-refractivity contribution < 1.29 is 89.0 Å². The quantitative estimate of drug-likeness (QED) is 0.103. The molecule has 6 saturated heterocycles. The maximum absolute atomic E-state index is 10.9. The molecule has 0 aromatic carbocycles. The van der Waals surface area contributed by atoms with E-state index >= 15 is 0 Å². The van der Waals surface area contributed by atoms with Gasteiger partial charge in [-0.15, -0.1) is 0 Å². The number of aliphatic hydroxyl groups is 10. The Morgan fingerprint density at radius 2 is 0.667 bits per heavy atom. The predicted octanol–water partition coefficient (Wildman–Crippen LogP) is -3.73. The molecular formula is C33H56O18. The molecule has 0 radical (unpaired) electrons. The van der Waals surface area contributed by atoms with Gasteiger partial charge in [-0.05, 0) is 66.2 Å². The molecule has 0 spiro atoms. The van der Waals surface area contributed by atoms with Gasteiger partial charge in [-0.3, -0.25) is 0 Å². The highest BCUT2D eigenvalue weighted by Gasteiger charge is 2.61. The number of hydrogen-bond acceptors (Lipinski definition) is 18. The van der Waals surface area contributed by atoms with Gasteiger partial charge in [0.15, 0.2) is 17.9 Å². The standard InChI is InChI=1S/C33H56O18/c1-32(2)48-28-17(47-31-30(29(28)49-32)50-33(3,4)51-31)10-9-15-22(38)26(42)20(36)13(45-15)6-5-12-19(35)25(41)21(37)14(44-12)7-8-16-23(39)27(43)24(40)18(11-34)46-16/h12-31,34-43H,5-11H2,1-4H3/t12-,13+,14+,15-,16-,17+,18+,19-,20-,21-,22-,23-,24-,25+,26-,27+,28-,29-,30+,31+/m0/s1. The Kier molecular flexibility index (Phi) is 12.1. The zero-order valence-corrected chi connectivity index (χ0v) is 29.2. The van der Waals surface area contributed by atoms with Crippen molar-refractivity contribution >= 4 is 0 Å². The van der Waals surface area contributed by atoms with Crippen LogP contribution in [0.4, 0.5) is 0 Å². The van der Waals surface area contributed by atoms with E-state index < -0.39 is 140 Å². The average molecular weight is 741 g/mol. The van der Waals surface area contributed by atoms with Gasteiger partial charge in [-0.25, -0.2) is 0 Å². The van der Waals surface area contributed by atoms with Crippen molar-refractivity contribution in [2.45, 2.75) is 200 Å². The second kappa shape index (κ2) is 15.4. The maximum Gasteiger partial charge on any atom is 0.190 e. The van der Waals surface area contributed by atoms with E-state index in [-0.39, 0.29) is 32.1 Å². The fraction of sp³-hybridized carbons (Fsp3) is 1.00. The molecule has 0 amide bonds. The largest absolute Gasteiger partial charge is 0.394 e. The van der Waals surface area contributed by atoms with Crippen LogP contribution in [0.25, 0.3) is 0 Å². The summed E-state index contributed by atoms with van der Waals surface area (Å²) in [6.07, 6.45) is -21.9. The lowest BCUT2D eigenvalue weighted by Gasteiger charge is -2.44. The normalized spacial score (nSPS) is 52.4. The minimum atomic E-state index is -1.61. The first kappa shape index (κ1) is 40.0. The molecule has 0 unspecified atom stereocenters. The minimum Gasteiger partial charge on any atom is -0.394 e. The van der Waals surface area contributed by atoms with Crippen molar-refractivity contribution in [1.29, 1.82) is 0 Å². The van der Waals surface area contributed by atoms with Crippen LogP contribution in [0.2, 0.25) is 0 Å². The zero-order chi connectivity index (χ0) is 37.2. The molecule has 51 heavy (non-hydrogen) atoms. The summed E-state index contributed by atoms with van der Waals surface area (Å²) in [5, 5.41) is 105. The van der Waals surface area contributed by atoms with Crippen LogP contribution in [-0.4, -0.2) is 192 Å². The third-order valence-corrected chi connectivity index (χ3v) is 11.1. The van der Waals surface area contributed by atoms with Gasteiger partial charge < -0.3 is 89.0 Å². The lowest BCUT2D eigenvalue weighted by Crippen LogP contribution is -2.60. The van der Waals surface area contributed by atoms with Gasteiger partial charge in [0.2, 0.25) is 0 Å². The first-order valence-electron chi connectivity index (χ1n) is 18.0. The molecule has 0 saturated carbocycles. The Labute approximate surface area is 295 Å². The van der Waals surface area contributed by atoms with Crippen molar-refractivity contribution in [3.63, 3.8) is 0 Å². The fourth-order valence-corrected chi connectivity index (χ4v) is 8.34. The van der Waals surface area contributed by atoms with E-state index in [2.05, 4.69) is 0 Å². The Morgan fingerprint density at radius 1 is 0.353 bits per heavy atom. The van der Waals surface area contributed by atoms with Crippen molar-refractivity contribution in [2.75, 3.05) is 6.61 Å². The van der Waals surface area contributed by atoms with Gasteiger partial charge in [0.25, 0.3) is 0 Å². The Bertz CT molecular complexity index is 1160. The molecule has 18 nitrogen and oxygen atoms in total. The summed E-state index contributed by atoms with van der Waals surface area (Å²) in [5.74, 6) is -1.79. The van der Waals surface area contributed by atoms with Crippen LogP contribution >= 0.6 is 0 Å². The SMILES string of the molecule is CC1(C)O[C@H]2[C@@H](O1)[C@@H](CC[C@@H]1O[C@H](CC[C@@H]3O[C@H](CC[C@@H]4O[C@H](CO)[C@H](O)[C@H](O)[C@H]4O)[C@H](O)[C@H](O)[C@H]3O)[C@H](O)[C@H](O)[C@H]1O)O[C@@H]1OC(C)(C)O[C@@H]12. The summed E-state index contributed by atoms with van der Waals surface area (Å²) in [7, 11) is 0. The monoisotopic (exact) mass is 740 g/mol. The summed E-state index contributed by atoms with van der Waals surface area (Å²) in [6, 6.07) is 0. The Morgan fingerprint density at radius 3 is 1.08 bits per heavy atom. The molecule has 6 rings (SSSR count). The first-order chi connectivity index (χ1) is 23.9. The van der Waals surface area contributed by atoms with Crippen LogP contribution in [-0.2, 0) is 37.9 Å². The Balaban J connectivity index is 1.05. The van der Waals surface area contributed by atoms with Gasteiger partial charge in [0.1, 0.15) is 79.4 Å². The highest BCUT2D eigenvalue weighted by atomic mass is 16.9. The number of ether oxygens (including phenoxy) is 8. The van der Waals surface area contributed by atoms with Gasteiger partial charge in [-0.2, -0.15) is 0 Å². The lowest BCUT2D eigenvalue weighted by atomic mass is 9.86. The van der Waals surface area contributed by atoms with E-state index in [0.717, 1.165) is 0 Å². The molecule has 10 N–H and O–H groups in total. The van der Waals surface area contributed by atoms with E-state index in [4.69, 9.17) is 37.9 Å². The summed E-state index contributed by atoms with van der Waals surface area (Å²) in [5.41, 5.74) is 0. The van der Waals surface area contributed by atoms with E-state index in [0.29, 0.717) is 6.42 Å². The summed E-state index contributed by atoms with van der Waals surface area (Å²) in [4.78, 5) is 0. The highest BCUT2D eigenvalue weighted by Crippen LogP contribution is 2.45. The molecule has 6 aliphatic heterocycles. The van der Waals surface area contributed by atoms with E-state index in [1.54, 1.807) is 27.7 Å². The topological polar surface area (TPSA) is 276 Å². The zero-order valence-electron chi connectivity index (χ0n) is 29.2. The van der Waals surface area contributed by atoms with Crippen LogP contribution in [0.1, 0.15) is 66.2 Å². The van der Waals surface area contributed by atoms with Crippen LogP contribution in [0, 0.1) is 0 Å². The average Bonchev–Trinajstić information content (AvgIpc) is 3.58. The molecule has 18 heteroatoms. The number of fused-ring (bicyclic) bond motifs is 3. The van der Waals surface area contributed by atoms with E-state index in [9.17, 15) is 51.1 Å². The molecule has 0 bridgehead atoms. The maximum atomic E-state index is 10.9. The minimum absolute atomic E-state index is 0.00691. The highest BCUT2D eigenvalue weighted by molar-refractivity contribution is 5.02. The molecule has 6 fully saturated rings. The van der Waals surface area contributed by atoms with Crippen LogP contribution in [0.15, 0.2) is 0 Å². The molecule has 20 atom stereocenters. The number of aliphatic hydroxyl groups excluding tert-OH is 10. The van der Waals surface area contributed by atoms with Gasteiger partial charge in [0.05, 0.1) is 43.2 Å². The number of rotatable bonds is 10. The molecule has 0 aromatic rings. The Hall–Kier alpha value is -0.720. The second-order valence-corrected chi connectivity index (χ2v) is 15.7. The van der Waals surface area contributed by atoms with Gasteiger partial charge >= 0.3 is 0 Å². The smallest absolute Gasteiger partial charge is 0.190 e. The summed E-state index contributed by atoms with van der Waals surface area (Å²) in [6.45, 7) is 6.56. The van der Waals surface area contributed by atoms with Crippen LogP contribution in [0.3, 0.4) is 0 Å². The van der Waals surface area contributed by atoms with E-state index in [1.807, 2.05) is 0 Å². The second-order valence-electron chi connectivity index (χ2n) is 15.7. The third kappa shape index (κ3) is 8.15. The van der Waals surface area contributed by atoms with Gasteiger partial charge in [0, 0.05) is 0 Å². The lowest BCUT2D eigenvalue weighted by molar-refractivity contribution is -0.250. The van der Waals surface area contributed by atoms with Crippen molar-refractivity contribution in [2.24, 2.45) is 0 Å². The van der Waals surface area contributed by atoms with Gasteiger partial charge in [-0.1, -0.05) is 0 Å². The van der Waals surface area contributed by atoms with Crippen LogP contribution < -0.4 is 0 Å². The fourth-order valence-electron chi connectivity index (χ4n) is 8.34. The van der Waals surface area contributed by atoms with Crippen molar-refractivity contribution in [1.82, 2.24) is 0 Å². The molecule has 0 aliphatic carbocycles. The molecule has 296 valence electrons. The summed E-state index contributed by atoms with van der Waals surface area (Å²) >= 11 is 0. The molecule has 6 heterocycles. The first-order valence-corrected chi connectivity index (χ1v) is 18.0. The third-order valence-electron chi connectivity index (χ3n) is 11.1. The van der Waals surface area contributed by atoms with Crippen molar-refractivity contribution in [3.05, 3.63) is 0 Å². The molecule has 0 aromatic heterocycles. The molecular weight excluding hydrogens is 684 g/mol. The molecule has 6 aliphatic rings. The summed E-state index contributed by atoms with van der Waals surface area (Å²) < 4.78 is 48.2. The van der Waals surface area contributed by atoms with Crippen molar-refractivity contribution in [3.8, 4) is 0 Å². The van der Waals surface area contributed by atoms with E-state index in [1.165, 1.54) is 0 Å². The van der Waals surface area contributed by atoms with Crippen LogP contribution in [0.5, 0.6) is 0 Å². The number of hydrogen-bond donors (Lipinski definition) is 10. The predicted molar refractivity (Wildman–Crippen MR) is 167 cm³/mol.